The van der Waals surface area contributed by atoms with Crippen LogP contribution in [0.1, 0.15) is 24.8 Å². The fraction of sp³-hybridized carbons (Fsp3) is 0.562. The topological polar surface area (TPSA) is 29.5 Å². The lowest BCUT2D eigenvalue weighted by Crippen LogP contribution is -2.44. The molecule has 1 aromatic rings. The first kappa shape index (κ1) is 12.7. The summed E-state index contributed by atoms with van der Waals surface area (Å²) in [5.41, 5.74) is 1.60. The van der Waals surface area contributed by atoms with E-state index in [0.717, 1.165) is 26.1 Å². The maximum absolute atomic E-state index is 12.0. The molecule has 1 atom stereocenters. The van der Waals surface area contributed by atoms with Gasteiger partial charge in [0.25, 0.3) is 0 Å². The Morgan fingerprint density at radius 3 is 2.68 bits per heavy atom. The zero-order chi connectivity index (χ0) is 13.3. The van der Waals surface area contributed by atoms with Crippen LogP contribution in [-0.2, 0) is 16.1 Å². The predicted octanol–water partition coefficient (Wildman–Crippen LogP) is 2.46. The number of nitrogens with zero attached hydrogens (tertiary/aromatic N) is 1. The van der Waals surface area contributed by atoms with E-state index >= 15 is 0 Å². The Kier molecular flexibility index (Phi) is 3.31. The van der Waals surface area contributed by atoms with Crippen LogP contribution in [0.25, 0.3) is 0 Å². The van der Waals surface area contributed by atoms with Gasteiger partial charge in [-0.3, -0.25) is 9.69 Å². The number of methoxy groups -OCH3 is 1. The van der Waals surface area contributed by atoms with Gasteiger partial charge in [-0.25, -0.2) is 0 Å². The minimum Gasteiger partial charge on any atom is -0.469 e. The number of piperidine rings is 1. The van der Waals surface area contributed by atoms with E-state index in [-0.39, 0.29) is 17.3 Å². The van der Waals surface area contributed by atoms with E-state index in [2.05, 4.69) is 29.2 Å². The molecule has 1 unspecified atom stereocenters. The van der Waals surface area contributed by atoms with Crippen molar-refractivity contribution in [2.45, 2.75) is 25.8 Å². The Morgan fingerprint density at radius 2 is 2.05 bits per heavy atom. The predicted molar refractivity (Wildman–Crippen MR) is 73.5 cm³/mol. The van der Waals surface area contributed by atoms with Crippen molar-refractivity contribution < 1.29 is 9.53 Å². The summed E-state index contributed by atoms with van der Waals surface area (Å²) < 4.78 is 5.00. The number of ether oxygens (including phenoxy) is 1. The smallest absolute Gasteiger partial charge is 0.310 e. The van der Waals surface area contributed by atoms with Gasteiger partial charge in [0, 0.05) is 13.1 Å². The molecule has 1 saturated heterocycles. The number of carbonyl (C=O) groups is 1. The maximum atomic E-state index is 12.0. The van der Waals surface area contributed by atoms with E-state index in [0.29, 0.717) is 0 Å². The quantitative estimate of drug-likeness (QED) is 0.781. The van der Waals surface area contributed by atoms with Crippen molar-refractivity contribution >= 4 is 5.97 Å². The summed E-state index contributed by atoms with van der Waals surface area (Å²) in [5.74, 6) is 0.0604. The Labute approximate surface area is 114 Å². The summed E-state index contributed by atoms with van der Waals surface area (Å²) in [4.78, 5) is 14.4. The lowest BCUT2D eigenvalue weighted by atomic mass is 9.82. The van der Waals surface area contributed by atoms with Gasteiger partial charge in [0.2, 0.25) is 0 Å². The first-order valence-electron chi connectivity index (χ1n) is 7.08. The summed E-state index contributed by atoms with van der Waals surface area (Å²) in [6.45, 7) is 2.88. The third-order valence-corrected chi connectivity index (χ3v) is 4.73. The van der Waals surface area contributed by atoms with Crippen LogP contribution in [0.5, 0.6) is 0 Å². The highest BCUT2D eigenvalue weighted by Crippen LogP contribution is 2.57. The van der Waals surface area contributed by atoms with Crippen molar-refractivity contribution in [2.24, 2.45) is 11.3 Å². The maximum Gasteiger partial charge on any atom is 0.310 e. The lowest BCUT2D eigenvalue weighted by Gasteiger charge is -2.37. The highest BCUT2D eigenvalue weighted by Gasteiger charge is 2.54. The SMILES string of the molecule is COC(=O)C1CN(Cc2ccccc2)CCC12CC2. The number of rotatable bonds is 3. The van der Waals surface area contributed by atoms with Crippen molar-refractivity contribution in [1.82, 2.24) is 4.90 Å². The Hall–Kier alpha value is -1.35. The molecule has 19 heavy (non-hydrogen) atoms. The third kappa shape index (κ3) is 2.52. The monoisotopic (exact) mass is 259 g/mol. The van der Waals surface area contributed by atoms with Gasteiger partial charge in [0.1, 0.15) is 0 Å². The summed E-state index contributed by atoms with van der Waals surface area (Å²) >= 11 is 0. The van der Waals surface area contributed by atoms with E-state index in [1.807, 2.05) is 6.07 Å². The standard InChI is InChI=1S/C16H21NO2/c1-19-15(18)14-12-17(10-9-16(14)7-8-16)11-13-5-3-2-4-6-13/h2-6,14H,7-12H2,1H3. The van der Waals surface area contributed by atoms with E-state index in [1.54, 1.807) is 0 Å². The Morgan fingerprint density at radius 1 is 1.32 bits per heavy atom. The molecule has 0 aromatic heterocycles. The Bertz CT molecular complexity index is 453. The molecule has 0 bridgehead atoms. The lowest BCUT2D eigenvalue weighted by molar-refractivity contribution is -0.150. The van der Waals surface area contributed by atoms with Gasteiger partial charge < -0.3 is 4.74 Å². The first-order valence-corrected chi connectivity index (χ1v) is 7.08. The molecule has 1 aromatic carbocycles. The van der Waals surface area contributed by atoms with Crippen molar-refractivity contribution in [1.29, 1.82) is 0 Å². The van der Waals surface area contributed by atoms with Crippen LogP contribution in [0, 0.1) is 11.3 Å². The fourth-order valence-corrected chi connectivity index (χ4v) is 3.31. The van der Waals surface area contributed by atoms with Gasteiger partial charge in [-0.2, -0.15) is 0 Å². The molecule has 1 heterocycles. The number of hydrogen-bond donors (Lipinski definition) is 0. The molecular weight excluding hydrogens is 238 g/mol. The Balaban J connectivity index is 1.67. The highest BCUT2D eigenvalue weighted by molar-refractivity contribution is 5.74. The number of carbonyl (C=O) groups excluding carboxylic acids is 1. The van der Waals surface area contributed by atoms with Gasteiger partial charge in [-0.05, 0) is 36.8 Å². The summed E-state index contributed by atoms with van der Waals surface area (Å²) in [5, 5.41) is 0. The molecule has 1 saturated carbocycles. The number of hydrogen-bond acceptors (Lipinski definition) is 3. The molecule has 0 N–H and O–H groups in total. The van der Waals surface area contributed by atoms with Crippen LogP contribution in [-0.4, -0.2) is 31.1 Å². The van der Waals surface area contributed by atoms with Gasteiger partial charge >= 0.3 is 5.97 Å². The number of likely N-dealkylation sites (tertiary alicyclic amines) is 1. The second-order valence-corrected chi connectivity index (χ2v) is 5.91. The molecule has 3 nitrogen and oxygen atoms in total. The summed E-state index contributed by atoms with van der Waals surface area (Å²) in [6.07, 6.45) is 3.54. The molecule has 2 fully saturated rings. The minimum atomic E-state index is -0.0183. The minimum absolute atomic E-state index is 0.0183. The zero-order valence-electron chi connectivity index (χ0n) is 11.5. The van der Waals surface area contributed by atoms with Crippen LogP contribution in [0.3, 0.4) is 0 Å². The molecule has 3 heteroatoms. The van der Waals surface area contributed by atoms with Crippen LogP contribution in [0.4, 0.5) is 0 Å². The molecule has 1 aliphatic carbocycles. The second-order valence-electron chi connectivity index (χ2n) is 5.91. The van der Waals surface area contributed by atoms with Crippen LogP contribution >= 0.6 is 0 Å². The van der Waals surface area contributed by atoms with Gasteiger partial charge in [0.05, 0.1) is 13.0 Å². The first-order chi connectivity index (χ1) is 9.23. The zero-order valence-corrected chi connectivity index (χ0v) is 11.5. The van der Waals surface area contributed by atoms with E-state index in [9.17, 15) is 4.79 Å². The van der Waals surface area contributed by atoms with Crippen LogP contribution < -0.4 is 0 Å². The largest absolute Gasteiger partial charge is 0.469 e. The number of esters is 1. The summed E-state index contributed by atoms with van der Waals surface area (Å²) in [7, 11) is 1.51. The van der Waals surface area contributed by atoms with E-state index in [4.69, 9.17) is 4.74 Å². The molecule has 3 rings (SSSR count). The molecule has 2 aliphatic rings. The van der Waals surface area contributed by atoms with Crippen molar-refractivity contribution in [3.8, 4) is 0 Å². The molecule has 0 radical (unpaired) electrons. The molecule has 1 aliphatic heterocycles. The van der Waals surface area contributed by atoms with Crippen LogP contribution in [0.2, 0.25) is 0 Å². The van der Waals surface area contributed by atoms with E-state index in [1.165, 1.54) is 25.5 Å². The average molecular weight is 259 g/mol. The fourth-order valence-electron chi connectivity index (χ4n) is 3.31. The van der Waals surface area contributed by atoms with Gasteiger partial charge in [-0.1, -0.05) is 30.3 Å². The van der Waals surface area contributed by atoms with Crippen molar-refractivity contribution in [3.63, 3.8) is 0 Å². The molecular formula is C16H21NO2. The average Bonchev–Trinajstić information content (AvgIpc) is 3.22. The normalized spacial score (nSPS) is 25.2. The van der Waals surface area contributed by atoms with Crippen molar-refractivity contribution in [3.05, 3.63) is 35.9 Å². The molecule has 0 amide bonds. The van der Waals surface area contributed by atoms with E-state index < -0.39 is 0 Å². The van der Waals surface area contributed by atoms with Crippen LogP contribution in [0.15, 0.2) is 30.3 Å². The second kappa shape index (κ2) is 4.97. The third-order valence-electron chi connectivity index (χ3n) is 4.73. The number of benzene rings is 1. The molecule has 102 valence electrons. The van der Waals surface area contributed by atoms with Gasteiger partial charge in [0.15, 0.2) is 0 Å². The van der Waals surface area contributed by atoms with Crippen molar-refractivity contribution in [2.75, 3.05) is 20.2 Å². The molecule has 1 spiro atoms. The summed E-state index contributed by atoms with van der Waals surface area (Å²) in [6, 6.07) is 10.5. The highest BCUT2D eigenvalue weighted by atomic mass is 16.5. The van der Waals surface area contributed by atoms with Gasteiger partial charge in [-0.15, -0.1) is 0 Å².